The Bertz CT molecular complexity index is 1020. The summed E-state index contributed by atoms with van der Waals surface area (Å²) in [5.41, 5.74) is 12.0. The van der Waals surface area contributed by atoms with Gasteiger partial charge in [0.05, 0.1) is 5.56 Å². The van der Waals surface area contributed by atoms with Crippen molar-refractivity contribution >= 4 is 17.4 Å². The van der Waals surface area contributed by atoms with Gasteiger partial charge in [-0.05, 0) is 62.3 Å². The van der Waals surface area contributed by atoms with Crippen LogP contribution in [0.4, 0.5) is 5.69 Å². The van der Waals surface area contributed by atoms with E-state index in [-0.39, 0.29) is 11.2 Å². The predicted octanol–water partition coefficient (Wildman–Crippen LogP) is 3.38. The molecular formula is C24H32N4O2. The SMILES string of the molecule is Cc1c2c(n3c1CCC(C)NCCNc1cc-3ccc1C(N)=O)CC(C)(C)CC2=O. The summed E-state index contributed by atoms with van der Waals surface area (Å²) in [5, 5.41) is 6.91. The van der Waals surface area contributed by atoms with Gasteiger partial charge in [-0.15, -0.1) is 0 Å². The van der Waals surface area contributed by atoms with Crippen molar-refractivity contribution in [3.63, 3.8) is 0 Å². The van der Waals surface area contributed by atoms with Crippen molar-refractivity contribution in [1.82, 2.24) is 9.88 Å². The van der Waals surface area contributed by atoms with Crippen molar-refractivity contribution in [3.8, 4) is 5.69 Å². The zero-order chi connectivity index (χ0) is 21.6. The number of nitrogens with zero attached hydrogens (tertiary/aromatic N) is 1. The largest absolute Gasteiger partial charge is 0.383 e. The zero-order valence-corrected chi connectivity index (χ0v) is 18.4. The molecule has 1 atom stereocenters. The molecule has 0 fully saturated rings. The summed E-state index contributed by atoms with van der Waals surface area (Å²) in [6.45, 7) is 10.1. The molecule has 160 valence electrons. The number of fused-ring (bicyclic) bond motifs is 6. The van der Waals surface area contributed by atoms with Gasteiger partial charge >= 0.3 is 0 Å². The highest BCUT2D eigenvalue weighted by Gasteiger charge is 2.36. The number of carbonyl (C=O) groups excluding carboxylic acids is 2. The highest BCUT2D eigenvalue weighted by Crippen LogP contribution is 2.40. The van der Waals surface area contributed by atoms with Crippen LogP contribution in [0.1, 0.15) is 71.3 Å². The Morgan fingerprint density at radius 1 is 1.20 bits per heavy atom. The molecule has 2 heterocycles. The van der Waals surface area contributed by atoms with Crippen LogP contribution in [-0.4, -0.2) is 35.4 Å². The Kier molecular flexibility index (Phi) is 5.22. The lowest BCUT2D eigenvalue weighted by molar-refractivity contribution is 0.0909. The maximum Gasteiger partial charge on any atom is 0.250 e. The number of primary amides is 1. The lowest BCUT2D eigenvalue weighted by Crippen LogP contribution is -2.32. The van der Waals surface area contributed by atoms with E-state index in [2.05, 4.69) is 42.9 Å². The Morgan fingerprint density at radius 3 is 2.70 bits per heavy atom. The highest BCUT2D eigenvalue weighted by atomic mass is 16.1. The Hall–Kier alpha value is -2.60. The van der Waals surface area contributed by atoms with Gasteiger partial charge in [-0.3, -0.25) is 9.59 Å². The molecule has 0 saturated heterocycles. The Morgan fingerprint density at radius 2 is 1.97 bits per heavy atom. The second kappa shape index (κ2) is 7.58. The molecule has 0 radical (unpaired) electrons. The molecule has 2 bridgehead atoms. The molecule has 0 spiro atoms. The molecule has 2 aliphatic rings. The van der Waals surface area contributed by atoms with Gasteiger partial charge in [-0.1, -0.05) is 13.8 Å². The predicted molar refractivity (Wildman–Crippen MR) is 120 cm³/mol. The summed E-state index contributed by atoms with van der Waals surface area (Å²) in [4.78, 5) is 25.1. The van der Waals surface area contributed by atoms with Crippen LogP contribution in [0, 0.1) is 12.3 Å². The number of benzene rings is 1. The Balaban J connectivity index is 1.96. The van der Waals surface area contributed by atoms with E-state index in [9.17, 15) is 9.59 Å². The second-order valence-electron chi connectivity index (χ2n) is 9.58. The van der Waals surface area contributed by atoms with Crippen molar-refractivity contribution in [2.75, 3.05) is 18.4 Å². The number of aromatic nitrogens is 1. The van der Waals surface area contributed by atoms with Crippen molar-refractivity contribution < 1.29 is 9.59 Å². The van der Waals surface area contributed by atoms with Crippen molar-refractivity contribution in [2.24, 2.45) is 11.1 Å². The number of carbonyl (C=O) groups is 2. The van der Waals surface area contributed by atoms with Crippen molar-refractivity contribution in [3.05, 3.63) is 46.3 Å². The molecule has 1 aliphatic heterocycles. The first-order valence-electron chi connectivity index (χ1n) is 10.9. The van der Waals surface area contributed by atoms with Gasteiger partial charge in [-0.2, -0.15) is 0 Å². The number of Topliss-reactive ketones (excluding diaryl/α,β-unsaturated/α-hetero) is 1. The van der Waals surface area contributed by atoms with E-state index in [1.807, 2.05) is 12.1 Å². The van der Waals surface area contributed by atoms with Crippen molar-refractivity contribution in [1.29, 1.82) is 0 Å². The quantitative estimate of drug-likeness (QED) is 0.675. The van der Waals surface area contributed by atoms with Gasteiger partial charge in [-0.25, -0.2) is 0 Å². The van der Waals surface area contributed by atoms with E-state index < -0.39 is 5.91 Å². The molecule has 0 saturated carbocycles. The van der Waals surface area contributed by atoms with Gasteiger partial charge in [0.1, 0.15) is 0 Å². The summed E-state index contributed by atoms with van der Waals surface area (Å²) in [7, 11) is 0. The van der Waals surface area contributed by atoms with E-state index in [1.165, 1.54) is 5.69 Å². The smallest absolute Gasteiger partial charge is 0.250 e. The van der Waals surface area contributed by atoms with E-state index in [0.717, 1.165) is 54.0 Å². The molecule has 4 N–H and O–H groups in total. The normalized spacial score (nSPS) is 20.9. The fourth-order valence-corrected chi connectivity index (χ4v) is 4.99. The number of amides is 1. The summed E-state index contributed by atoms with van der Waals surface area (Å²) in [6.07, 6.45) is 3.31. The molecule has 4 rings (SSSR count). The van der Waals surface area contributed by atoms with Gasteiger partial charge in [0, 0.05) is 53.9 Å². The molecule has 2 aromatic rings. The molecule has 1 aromatic heterocycles. The summed E-state index contributed by atoms with van der Waals surface area (Å²) in [5.74, 6) is -0.207. The van der Waals surface area contributed by atoms with E-state index >= 15 is 0 Å². The minimum Gasteiger partial charge on any atom is -0.383 e. The summed E-state index contributed by atoms with van der Waals surface area (Å²) in [6, 6.07) is 6.10. The number of anilines is 1. The topological polar surface area (TPSA) is 89.2 Å². The maximum absolute atomic E-state index is 13.1. The molecule has 1 aromatic carbocycles. The number of nitrogens with one attached hydrogen (secondary N) is 2. The van der Waals surface area contributed by atoms with Crippen LogP contribution < -0.4 is 16.4 Å². The molecule has 1 amide bonds. The summed E-state index contributed by atoms with van der Waals surface area (Å²) < 4.78 is 2.27. The average molecular weight is 409 g/mol. The second-order valence-corrected chi connectivity index (χ2v) is 9.58. The van der Waals surface area contributed by atoms with Crippen LogP contribution in [-0.2, 0) is 12.8 Å². The number of hydrogen-bond acceptors (Lipinski definition) is 4. The molecule has 30 heavy (non-hydrogen) atoms. The van der Waals surface area contributed by atoms with E-state index in [1.54, 1.807) is 6.07 Å². The number of rotatable bonds is 1. The lowest BCUT2D eigenvalue weighted by atomic mass is 9.75. The minimum atomic E-state index is -0.445. The van der Waals surface area contributed by atoms with Gasteiger partial charge < -0.3 is 20.9 Å². The van der Waals surface area contributed by atoms with Crippen LogP contribution in [0.5, 0.6) is 0 Å². The summed E-state index contributed by atoms with van der Waals surface area (Å²) >= 11 is 0. The van der Waals surface area contributed by atoms with Crippen molar-refractivity contribution in [2.45, 2.75) is 59.4 Å². The standard InChI is InChI=1S/C24H32N4O2/c1-14-5-8-19-15(2)22-20(12-24(3,4)13-21(22)29)28(19)16-6-7-17(23(25)30)18(11-16)27-10-9-26-14/h6-7,11,14,26-27H,5,8-10,12-13H2,1-4H3,(H2,25,30). The number of ketones is 1. The van der Waals surface area contributed by atoms with Crippen LogP contribution in [0.15, 0.2) is 18.2 Å². The molecule has 6 heteroatoms. The molecule has 1 aliphatic carbocycles. The van der Waals surface area contributed by atoms with E-state index in [0.29, 0.717) is 24.6 Å². The lowest BCUT2D eigenvalue weighted by Gasteiger charge is -2.30. The van der Waals surface area contributed by atoms with Gasteiger partial charge in [0.15, 0.2) is 5.78 Å². The zero-order valence-electron chi connectivity index (χ0n) is 18.4. The number of hydrogen-bond donors (Lipinski definition) is 3. The fourth-order valence-electron chi connectivity index (χ4n) is 4.99. The first-order chi connectivity index (χ1) is 14.2. The monoisotopic (exact) mass is 408 g/mol. The first kappa shape index (κ1) is 20.7. The third-order valence-electron chi connectivity index (χ3n) is 6.47. The third kappa shape index (κ3) is 3.65. The van der Waals surface area contributed by atoms with Crippen LogP contribution >= 0.6 is 0 Å². The maximum atomic E-state index is 13.1. The van der Waals surface area contributed by atoms with Crippen LogP contribution in [0.2, 0.25) is 0 Å². The minimum absolute atomic E-state index is 0.0710. The van der Waals surface area contributed by atoms with Crippen LogP contribution in [0.25, 0.3) is 5.69 Å². The van der Waals surface area contributed by atoms with E-state index in [4.69, 9.17) is 5.73 Å². The average Bonchev–Trinajstić information content (AvgIpc) is 2.92. The van der Waals surface area contributed by atoms with Gasteiger partial charge in [0.25, 0.3) is 5.91 Å². The third-order valence-corrected chi connectivity index (χ3v) is 6.47. The first-order valence-corrected chi connectivity index (χ1v) is 10.9. The van der Waals surface area contributed by atoms with Crippen LogP contribution in [0.3, 0.4) is 0 Å². The molecule has 6 nitrogen and oxygen atoms in total. The Labute approximate surface area is 178 Å². The number of nitrogens with two attached hydrogens (primary N) is 1. The molecular weight excluding hydrogens is 376 g/mol. The molecule has 1 unspecified atom stereocenters. The highest BCUT2D eigenvalue weighted by molar-refractivity contribution is 6.01. The fraction of sp³-hybridized carbons (Fsp3) is 0.500. The van der Waals surface area contributed by atoms with Gasteiger partial charge in [0.2, 0.25) is 0 Å².